The van der Waals surface area contributed by atoms with Crippen LogP contribution in [0, 0.1) is 0 Å². The smallest absolute Gasteiger partial charge is 0.335 e. The summed E-state index contributed by atoms with van der Waals surface area (Å²) in [5.41, 5.74) is 1.25. The second kappa shape index (κ2) is 5.95. The molecule has 0 spiro atoms. The number of aromatic carboxylic acids is 1. The molecule has 1 aliphatic rings. The zero-order chi connectivity index (χ0) is 13.0. The van der Waals surface area contributed by atoms with E-state index in [-0.39, 0.29) is 11.8 Å². The zero-order valence-electron chi connectivity index (χ0n) is 10.3. The van der Waals surface area contributed by atoms with Crippen LogP contribution in [0.25, 0.3) is 0 Å². The number of nitrogens with zero attached hydrogens (tertiary/aromatic N) is 1. The quantitative estimate of drug-likeness (QED) is 0.875. The molecule has 1 heterocycles. The molecule has 0 aromatic heterocycles. The highest BCUT2D eigenvalue weighted by molar-refractivity contribution is 5.87. The lowest BCUT2D eigenvalue weighted by Crippen LogP contribution is -2.39. The number of carbonyl (C=O) groups is 1. The lowest BCUT2D eigenvalue weighted by atomic mass is 10.1. The van der Waals surface area contributed by atoms with Gasteiger partial charge in [-0.3, -0.25) is 4.90 Å². The Bertz CT molecular complexity index is 398. The van der Waals surface area contributed by atoms with Crippen molar-refractivity contribution in [2.24, 2.45) is 0 Å². The summed E-state index contributed by atoms with van der Waals surface area (Å²) in [6.45, 7) is 3.04. The van der Waals surface area contributed by atoms with Crippen molar-refractivity contribution in [2.75, 3.05) is 33.4 Å². The molecule has 1 atom stereocenters. The number of rotatable bonds is 4. The van der Waals surface area contributed by atoms with E-state index in [0.29, 0.717) is 13.2 Å². The molecule has 1 unspecified atom stereocenters. The maximum Gasteiger partial charge on any atom is 0.335 e. The summed E-state index contributed by atoms with van der Waals surface area (Å²) in [4.78, 5) is 13.0. The van der Waals surface area contributed by atoms with Gasteiger partial charge in [0, 0.05) is 20.2 Å². The van der Waals surface area contributed by atoms with Crippen LogP contribution in [0.4, 0.5) is 0 Å². The molecule has 5 heteroatoms. The minimum Gasteiger partial charge on any atom is -0.478 e. The highest BCUT2D eigenvalue weighted by atomic mass is 16.5. The normalized spacial score (nSPS) is 18.5. The SMILES string of the molecule is COC(c1ccc(C(=O)O)cc1)N1CCOCC1. The van der Waals surface area contributed by atoms with E-state index in [4.69, 9.17) is 14.6 Å². The fourth-order valence-electron chi connectivity index (χ4n) is 2.10. The maximum absolute atomic E-state index is 10.8. The minimum absolute atomic E-state index is 0.142. The van der Waals surface area contributed by atoms with Crippen LogP contribution in [-0.4, -0.2) is 49.4 Å². The van der Waals surface area contributed by atoms with E-state index >= 15 is 0 Å². The summed E-state index contributed by atoms with van der Waals surface area (Å²) >= 11 is 0. The summed E-state index contributed by atoms with van der Waals surface area (Å²) in [7, 11) is 1.66. The number of carboxylic acids is 1. The summed E-state index contributed by atoms with van der Waals surface area (Å²) in [6.07, 6.45) is -0.142. The van der Waals surface area contributed by atoms with Gasteiger partial charge in [0.05, 0.1) is 18.8 Å². The van der Waals surface area contributed by atoms with E-state index in [1.165, 1.54) is 0 Å². The van der Waals surface area contributed by atoms with Gasteiger partial charge in [0.1, 0.15) is 6.23 Å². The van der Waals surface area contributed by atoms with E-state index in [0.717, 1.165) is 18.7 Å². The van der Waals surface area contributed by atoms with Crippen LogP contribution in [0.2, 0.25) is 0 Å². The Hall–Kier alpha value is -1.43. The van der Waals surface area contributed by atoms with Crippen LogP contribution in [0.15, 0.2) is 24.3 Å². The molecule has 1 saturated heterocycles. The Kier molecular flexibility index (Phi) is 4.30. The van der Waals surface area contributed by atoms with Crippen molar-refractivity contribution in [2.45, 2.75) is 6.23 Å². The number of ether oxygens (including phenoxy) is 2. The monoisotopic (exact) mass is 251 g/mol. The largest absolute Gasteiger partial charge is 0.478 e. The average molecular weight is 251 g/mol. The van der Waals surface area contributed by atoms with E-state index in [2.05, 4.69) is 4.90 Å². The third-order valence-electron chi connectivity index (χ3n) is 3.04. The first-order chi connectivity index (χ1) is 8.72. The number of methoxy groups -OCH3 is 1. The van der Waals surface area contributed by atoms with Crippen molar-refractivity contribution in [1.29, 1.82) is 0 Å². The highest BCUT2D eigenvalue weighted by Gasteiger charge is 2.22. The summed E-state index contributed by atoms with van der Waals surface area (Å²) in [5, 5.41) is 8.86. The summed E-state index contributed by atoms with van der Waals surface area (Å²) < 4.78 is 10.8. The van der Waals surface area contributed by atoms with Crippen molar-refractivity contribution in [3.63, 3.8) is 0 Å². The molecule has 0 bridgehead atoms. The lowest BCUT2D eigenvalue weighted by molar-refractivity contribution is -0.0811. The van der Waals surface area contributed by atoms with Crippen LogP contribution in [0.1, 0.15) is 22.1 Å². The van der Waals surface area contributed by atoms with Gasteiger partial charge < -0.3 is 14.6 Å². The molecular weight excluding hydrogens is 234 g/mol. The Morgan fingerprint density at radius 3 is 2.44 bits per heavy atom. The van der Waals surface area contributed by atoms with Crippen molar-refractivity contribution in [3.05, 3.63) is 35.4 Å². The van der Waals surface area contributed by atoms with E-state index in [9.17, 15) is 4.79 Å². The summed E-state index contributed by atoms with van der Waals surface area (Å²) in [5.74, 6) is -0.915. The topological polar surface area (TPSA) is 59.0 Å². The number of hydrogen-bond acceptors (Lipinski definition) is 4. The molecule has 0 saturated carbocycles. The number of carboxylic acid groups (broad SMARTS) is 1. The lowest BCUT2D eigenvalue weighted by Gasteiger charge is -2.33. The Morgan fingerprint density at radius 2 is 1.94 bits per heavy atom. The van der Waals surface area contributed by atoms with E-state index < -0.39 is 5.97 Å². The molecule has 18 heavy (non-hydrogen) atoms. The maximum atomic E-state index is 10.8. The van der Waals surface area contributed by atoms with Crippen molar-refractivity contribution in [3.8, 4) is 0 Å². The van der Waals surface area contributed by atoms with Crippen molar-refractivity contribution in [1.82, 2.24) is 4.90 Å². The van der Waals surface area contributed by atoms with Crippen LogP contribution >= 0.6 is 0 Å². The van der Waals surface area contributed by atoms with Gasteiger partial charge in [-0.1, -0.05) is 12.1 Å². The summed E-state index contributed by atoms with van der Waals surface area (Å²) in [6, 6.07) is 6.80. The molecule has 1 fully saturated rings. The van der Waals surface area contributed by atoms with Crippen LogP contribution in [-0.2, 0) is 9.47 Å². The third kappa shape index (κ3) is 2.87. The molecule has 0 amide bonds. The Labute approximate surface area is 106 Å². The van der Waals surface area contributed by atoms with Gasteiger partial charge in [-0.2, -0.15) is 0 Å². The van der Waals surface area contributed by atoms with Gasteiger partial charge in [-0.15, -0.1) is 0 Å². The molecule has 1 aliphatic heterocycles. The Morgan fingerprint density at radius 1 is 1.33 bits per heavy atom. The molecule has 1 N–H and O–H groups in total. The first-order valence-electron chi connectivity index (χ1n) is 5.90. The molecule has 2 rings (SSSR count). The van der Waals surface area contributed by atoms with Gasteiger partial charge in [-0.25, -0.2) is 4.79 Å². The van der Waals surface area contributed by atoms with Gasteiger partial charge in [-0.05, 0) is 17.7 Å². The van der Waals surface area contributed by atoms with Crippen LogP contribution in [0.3, 0.4) is 0 Å². The molecular formula is C13H17NO4. The average Bonchev–Trinajstić information content (AvgIpc) is 2.41. The molecule has 0 aliphatic carbocycles. The van der Waals surface area contributed by atoms with E-state index in [1.54, 1.807) is 31.4 Å². The molecule has 5 nitrogen and oxygen atoms in total. The van der Waals surface area contributed by atoms with Crippen molar-refractivity contribution < 1.29 is 19.4 Å². The molecule has 1 aromatic rings. The first-order valence-corrected chi connectivity index (χ1v) is 5.90. The van der Waals surface area contributed by atoms with Gasteiger partial charge in [0.15, 0.2) is 0 Å². The van der Waals surface area contributed by atoms with Crippen molar-refractivity contribution >= 4 is 5.97 Å². The predicted molar refractivity (Wildman–Crippen MR) is 65.5 cm³/mol. The highest BCUT2D eigenvalue weighted by Crippen LogP contribution is 2.22. The molecule has 1 aromatic carbocycles. The predicted octanol–water partition coefficient (Wildman–Crippen LogP) is 1.36. The standard InChI is InChI=1S/C13H17NO4/c1-17-12(14-6-8-18-9-7-14)10-2-4-11(5-3-10)13(15)16/h2-5,12H,6-9H2,1H3,(H,15,16). The number of benzene rings is 1. The molecule has 0 radical (unpaired) electrons. The van der Waals surface area contributed by atoms with E-state index in [1.807, 2.05) is 0 Å². The third-order valence-corrected chi connectivity index (χ3v) is 3.04. The number of hydrogen-bond donors (Lipinski definition) is 1. The second-order valence-corrected chi connectivity index (χ2v) is 4.16. The minimum atomic E-state index is -0.915. The fourth-order valence-corrected chi connectivity index (χ4v) is 2.10. The van der Waals surface area contributed by atoms with Gasteiger partial charge in [0.25, 0.3) is 0 Å². The Balaban J connectivity index is 2.13. The zero-order valence-corrected chi connectivity index (χ0v) is 10.3. The molecule has 98 valence electrons. The van der Waals surface area contributed by atoms with Gasteiger partial charge >= 0.3 is 5.97 Å². The van der Waals surface area contributed by atoms with Crippen LogP contribution < -0.4 is 0 Å². The van der Waals surface area contributed by atoms with Crippen LogP contribution in [0.5, 0.6) is 0 Å². The second-order valence-electron chi connectivity index (χ2n) is 4.16. The number of morpholine rings is 1. The van der Waals surface area contributed by atoms with Gasteiger partial charge in [0.2, 0.25) is 0 Å². The first kappa shape index (κ1) is 13.0. The fraction of sp³-hybridized carbons (Fsp3) is 0.462.